The average molecular weight is 223 g/mol. The minimum absolute atomic E-state index is 0.204. The van der Waals surface area contributed by atoms with Crippen LogP contribution in [0.3, 0.4) is 0 Å². The third-order valence-electron chi connectivity index (χ3n) is 2.74. The zero-order valence-corrected chi connectivity index (χ0v) is 9.42. The van der Waals surface area contributed by atoms with Crippen LogP contribution in [0.4, 0.5) is 0 Å². The molecule has 2 heterocycles. The van der Waals surface area contributed by atoms with Gasteiger partial charge in [0.2, 0.25) is 5.82 Å². The first-order valence-corrected chi connectivity index (χ1v) is 5.72. The number of nitrogens with one attached hydrogen (secondary N) is 3. The molecule has 0 aliphatic carbocycles. The smallest absolute Gasteiger partial charge is 0.291 e. The minimum Gasteiger partial charge on any atom is -0.348 e. The molecule has 1 fully saturated rings. The third kappa shape index (κ3) is 2.57. The van der Waals surface area contributed by atoms with E-state index in [0.29, 0.717) is 12.6 Å². The summed E-state index contributed by atoms with van der Waals surface area (Å²) in [6.45, 7) is 3.65. The lowest BCUT2D eigenvalue weighted by Crippen LogP contribution is -2.37. The summed E-state index contributed by atoms with van der Waals surface area (Å²) in [5.74, 6) is 0.767. The molecule has 0 aromatic carbocycles. The van der Waals surface area contributed by atoms with E-state index < -0.39 is 0 Å². The van der Waals surface area contributed by atoms with Crippen LogP contribution >= 0.6 is 0 Å². The number of aromatic nitrogens is 3. The summed E-state index contributed by atoms with van der Waals surface area (Å²) >= 11 is 0. The van der Waals surface area contributed by atoms with E-state index in [9.17, 15) is 4.79 Å². The second kappa shape index (κ2) is 5.07. The summed E-state index contributed by atoms with van der Waals surface area (Å²) < 4.78 is 0. The summed E-state index contributed by atoms with van der Waals surface area (Å²) in [6.07, 6.45) is 3.06. The number of aryl methyl sites for hydroxylation is 1. The highest BCUT2D eigenvalue weighted by Gasteiger charge is 2.17. The Morgan fingerprint density at radius 1 is 1.62 bits per heavy atom. The maximum absolute atomic E-state index is 11.6. The van der Waals surface area contributed by atoms with Crippen molar-refractivity contribution in [3.05, 3.63) is 11.6 Å². The van der Waals surface area contributed by atoms with E-state index in [2.05, 4.69) is 25.8 Å². The van der Waals surface area contributed by atoms with Crippen molar-refractivity contribution in [2.45, 2.75) is 32.2 Å². The normalized spacial score (nSPS) is 19.9. The molecule has 1 atom stereocenters. The van der Waals surface area contributed by atoms with E-state index in [0.717, 1.165) is 25.2 Å². The number of carbonyl (C=O) groups excluding carboxylic acids is 1. The maximum Gasteiger partial charge on any atom is 0.291 e. The van der Waals surface area contributed by atoms with Gasteiger partial charge in [-0.1, -0.05) is 6.92 Å². The van der Waals surface area contributed by atoms with Crippen LogP contribution < -0.4 is 10.6 Å². The zero-order chi connectivity index (χ0) is 11.4. The Morgan fingerprint density at radius 2 is 2.50 bits per heavy atom. The quantitative estimate of drug-likeness (QED) is 0.663. The van der Waals surface area contributed by atoms with Gasteiger partial charge in [-0.3, -0.25) is 9.89 Å². The highest BCUT2D eigenvalue weighted by molar-refractivity contribution is 5.90. The van der Waals surface area contributed by atoms with Gasteiger partial charge in [-0.2, -0.15) is 0 Å². The molecule has 1 unspecified atom stereocenters. The van der Waals surface area contributed by atoms with Crippen LogP contribution in [0.2, 0.25) is 0 Å². The number of aromatic amines is 1. The fourth-order valence-electron chi connectivity index (χ4n) is 1.78. The first kappa shape index (κ1) is 11.1. The van der Waals surface area contributed by atoms with Gasteiger partial charge in [0.25, 0.3) is 5.91 Å². The molecule has 1 aliphatic heterocycles. The van der Waals surface area contributed by atoms with Crippen molar-refractivity contribution in [1.82, 2.24) is 25.8 Å². The number of amides is 1. The molecule has 0 saturated carbocycles. The minimum atomic E-state index is -0.204. The second-order valence-electron chi connectivity index (χ2n) is 3.96. The van der Waals surface area contributed by atoms with E-state index in [1.807, 2.05) is 6.92 Å². The molecule has 0 spiro atoms. The molecule has 6 nitrogen and oxygen atoms in total. The Labute approximate surface area is 94.2 Å². The Kier molecular flexibility index (Phi) is 3.51. The lowest BCUT2D eigenvalue weighted by molar-refractivity contribution is 0.0940. The predicted molar refractivity (Wildman–Crippen MR) is 59.1 cm³/mol. The fourth-order valence-corrected chi connectivity index (χ4v) is 1.78. The summed E-state index contributed by atoms with van der Waals surface area (Å²) in [5.41, 5.74) is 0. The molecule has 1 aromatic heterocycles. The number of hydrogen-bond donors (Lipinski definition) is 3. The Hall–Kier alpha value is -1.43. The number of H-pyrrole nitrogens is 1. The molecule has 1 aromatic rings. The van der Waals surface area contributed by atoms with Gasteiger partial charge in [-0.05, 0) is 19.4 Å². The molecule has 88 valence electrons. The van der Waals surface area contributed by atoms with E-state index >= 15 is 0 Å². The van der Waals surface area contributed by atoms with Crippen molar-refractivity contribution < 1.29 is 4.79 Å². The highest BCUT2D eigenvalue weighted by atomic mass is 16.2. The van der Waals surface area contributed by atoms with E-state index in [1.54, 1.807) is 0 Å². The molecule has 2 rings (SSSR count). The molecule has 0 bridgehead atoms. The first-order chi connectivity index (χ1) is 7.79. The molecule has 6 heteroatoms. The standard InChI is InChI=1S/C10H17N5O/c1-2-8-13-9(15-14-8)10(16)12-6-7-4-3-5-11-7/h7,11H,2-6H2,1H3,(H,12,16)(H,13,14,15). The lowest BCUT2D eigenvalue weighted by atomic mass is 10.2. The lowest BCUT2D eigenvalue weighted by Gasteiger charge is -2.09. The molecule has 1 aliphatic rings. The Morgan fingerprint density at radius 3 is 3.12 bits per heavy atom. The van der Waals surface area contributed by atoms with E-state index in [4.69, 9.17) is 0 Å². The topological polar surface area (TPSA) is 82.7 Å². The van der Waals surface area contributed by atoms with Gasteiger partial charge in [-0.25, -0.2) is 4.98 Å². The fraction of sp³-hybridized carbons (Fsp3) is 0.700. The molecule has 0 radical (unpaired) electrons. The summed E-state index contributed by atoms with van der Waals surface area (Å²) in [5, 5.41) is 12.7. The number of hydrogen-bond acceptors (Lipinski definition) is 4. The van der Waals surface area contributed by atoms with Crippen molar-refractivity contribution >= 4 is 5.91 Å². The van der Waals surface area contributed by atoms with Gasteiger partial charge in [0.15, 0.2) is 0 Å². The van der Waals surface area contributed by atoms with Crippen molar-refractivity contribution in [2.24, 2.45) is 0 Å². The van der Waals surface area contributed by atoms with Crippen LogP contribution in [-0.2, 0) is 6.42 Å². The zero-order valence-electron chi connectivity index (χ0n) is 9.42. The molecular weight excluding hydrogens is 206 g/mol. The van der Waals surface area contributed by atoms with Gasteiger partial charge in [0.1, 0.15) is 5.82 Å². The van der Waals surface area contributed by atoms with E-state index in [-0.39, 0.29) is 11.7 Å². The van der Waals surface area contributed by atoms with E-state index in [1.165, 1.54) is 6.42 Å². The van der Waals surface area contributed by atoms with Gasteiger partial charge in [0, 0.05) is 19.0 Å². The van der Waals surface area contributed by atoms with Crippen LogP contribution in [0, 0.1) is 0 Å². The van der Waals surface area contributed by atoms with Gasteiger partial charge < -0.3 is 10.6 Å². The summed E-state index contributed by atoms with van der Waals surface area (Å²) in [6, 6.07) is 0.397. The molecular formula is C10H17N5O. The van der Waals surface area contributed by atoms with Crippen molar-refractivity contribution in [3.63, 3.8) is 0 Å². The van der Waals surface area contributed by atoms with Crippen molar-refractivity contribution in [3.8, 4) is 0 Å². The largest absolute Gasteiger partial charge is 0.348 e. The SMILES string of the molecule is CCc1nc(C(=O)NCC2CCCN2)n[nH]1. The van der Waals surface area contributed by atoms with Crippen LogP contribution in [0.15, 0.2) is 0 Å². The van der Waals surface area contributed by atoms with Crippen LogP contribution in [0.25, 0.3) is 0 Å². The third-order valence-corrected chi connectivity index (χ3v) is 2.74. The van der Waals surface area contributed by atoms with Crippen LogP contribution in [-0.4, -0.2) is 40.2 Å². The van der Waals surface area contributed by atoms with Crippen molar-refractivity contribution in [2.75, 3.05) is 13.1 Å². The summed E-state index contributed by atoms with van der Waals surface area (Å²) in [4.78, 5) is 15.7. The number of carbonyl (C=O) groups is 1. The maximum atomic E-state index is 11.6. The molecule has 1 saturated heterocycles. The molecule has 16 heavy (non-hydrogen) atoms. The van der Waals surface area contributed by atoms with Gasteiger partial charge in [0.05, 0.1) is 0 Å². The monoisotopic (exact) mass is 223 g/mol. The van der Waals surface area contributed by atoms with Crippen molar-refractivity contribution in [1.29, 1.82) is 0 Å². The Balaban J connectivity index is 1.82. The number of nitrogens with zero attached hydrogens (tertiary/aromatic N) is 2. The number of rotatable bonds is 4. The van der Waals surface area contributed by atoms with Gasteiger partial charge in [-0.15, -0.1) is 5.10 Å². The molecule has 1 amide bonds. The first-order valence-electron chi connectivity index (χ1n) is 5.72. The molecule has 3 N–H and O–H groups in total. The van der Waals surface area contributed by atoms with Crippen LogP contribution in [0.1, 0.15) is 36.2 Å². The van der Waals surface area contributed by atoms with Crippen LogP contribution in [0.5, 0.6) is 0 Å². The van der Waals surface area contributed by atoms with Gasteiger partial charge >= 0.3 is 0 Å². The predicted octanol–water partition coefficient (Wildman–Crippen LogP) is -0.151. The second-order valence-corrected chi connectivity index (χ2v) is 3.96. The summed E-state index contributed by atoms with van der Waals surface area (Å²) in [7, 11) is 0. The Bertz CT molecular complexity index is 356. The highest BCUT2D eigenvalue weighted by Crippen LogP contribution is 2.03. The average Bonchev–Trinajstić information content (AvgIpc) is 2.96.